The molecule has 1 saturated heterocycles. The quantitative estimate of drug-likeness (QED) is 0.644. The normalized spacial score (nSPS) is 16.9. The van der Waals surface area contributed by atoms with Gasteiger partial charge in [0, 0.05) is 25.5 Å². The highest BCUT2D eigenvalue weighted by molar-refractivity contribution is 7.92. The van der Waals surface area contributed by atoms with Crippen LogP contribution in [-0.4, -0.2) is 58.7 Å². The van der Waals surface area contributed by atoms with Crippen molar-refractivity contribution in [3.63, 3.8) is 0 Å². The van der Waals surface area contributed by atoms with E-state index in [1.165, 1.54) is 0 Å². The molecule has 0 saturated carbocycles. The summed E-state index contributed by atoms with van der Waals surface area (Å²) in [5.74, 6) is 0.228. The predicted molar refractivity (Wildman–Crippen MR) is 100 cm³/mol. The number of benzene rings is 1. The molecular weight excluding hydrogens is 356 g/mol. The molecule has 1 aliphatic heterocycles. The van der Waals surface area contributed by atoms with Crippen LogP contribution < -0.4 is 15.4 Å². The summed E-state index contributed by atoms with van der Waals surface area (Å²) in [5, 5.41) is 5.92. The fourth-order valence-corrected chi connectivity index (χ4v) is 4.47. The molecule has 0 aliphatic carbocycles. The molecule has 1 aromatic carbocycles. The van der Waals surface area contributed by atoms with E-state index in [-0.39, 0.29) is 19.4 Å². The monoisotopic (exact) mass is 384 g/mol. The Hall–Kier alpha value is -1.64. The number of nitrogens with one attached hydrogen (secondary N) is 2. The molecule has 146 valence electrons. The molecule has 1 aliphatic rings. The van der Waals surface area contributed by atoms with E-state index in [0.717, 1.165) is 17.4 Å². The maximum atomic E-state index is 12.8. The van der Waals surface area contributed by atoms with E-state index in [0.29, 0.717) is 32.1 Å². The minimum Gasteiger partial charge on any atom is -0.491 e. The Morgan fingerprint density at radius 1 is 1.27 bits per heavy atom. The van der Waals surface area contributed by atoms with Crippen LogP contribution in [0.4, 0.5) is 0 Å². The summed E-state index contributed by atoms with van der Waals surface area (Å²) < 4.78 is 34.0. The minimum absolute atomic E-state index is 0.214. The van der Waals surface area contributed by atoms with E-state index in [9.17, 15) is 13.2 Å². The summed E-state index contributed by atoms with van der Waals surface area (Å²) in [5.41, 5.74) is 1.84. The lowest BCUT2D eigenvalue weighted by molar-refractivity contribution is -0.124. The van der Waals surface area contributed by atoms with Gasteiger partial charge in [0.2, 0.25) is 5.91 Å². The number of aryl methyl sites for hydroxylation is 1. The Bertz CT molecular complexity index is 727. The fraction of sp³-hybridized carbons (Fsp3) is 0.611. The number of amides is 1. The molecule has 0 aromatic heterocycles. The highest BCUT2D eigenvalue weighted by Crippen LogP contribution is 2.28. The number of carbonyl (C=O) groups excluding carboxylic acids is 1. The maximum Gasteiger partial charge on any atom is 0.241 e. The first-order valence-corrected chi connectivity index (χ1v) is 10.6. The van der Waals surface area contributed by atoms with Crippen LogP contribution in [0, 0.1) is 6.92 Å². The Balaban J connectivity index is 2.13. The summed E-state index contributed by atoms with van der Waals surface area (Å²) in [6.07, 6.45) is 1.70. The van der Waals surface area contributed by atoms with Gasteiger partial charge in [-0.15, -0.1) is 0 Å². The zero-order chi connectivity index (χ0) is 19.2. The van der Waals surface area contributed by atoms with Crippen molar-refractivity contribution in [1.29, 1.82) is 0 Å². The van der Waals surface area contributed by atoms with Gasteiger partial charge < -0.3 is 20.1 Å². The smallest absolute Gasteiger partial charge is 0.241 e. The number of carbonyl (C=O) groups is 1. The summed E-state index contributed by atoms with van der Waals surface area (Å²) in [6.45, 7) is 4.06. The average molecular weight is 384 g/mol. The van der Waals surface area contributed by atoms with Crippen LogP contribution in [0.1, 0.15) is 24.0 Å². The first kappa shape index (κ1) is 20.7. The Labute approximate surface area is 155 Å². The van der Waals surface area contributed by atoms with Crippen molar-refractivity contribution in [1.82, 2.24) is 10.6 Å². The molecule has 0 spiro atoms. The lowest BCUT2D eigenvalue weighted by Gasteiger charge is -2.34. The molecule has 0 bridgehead atoms. The van der Waals surface area contributed by atoms with Crippen molar-refractivity contribution < 1.29 is 22.7 Å². The Kier molecular flexibility index (Phi) is 7.02. The summed E-state index contributed by atoms with van der Waals surface area (Å²) in [6, 6.07) is 5.71. The molecule has 0 unspecified atom stereocenters. The van der Waals surface area contributed by atoms with E-state index in [1.807, 2.05) is 25.1 Å². The third kappa shape index (κ3) is 4.75. The van der Waals surface area contributed by atoms with E-state index < -0.39 is 20.5 Å². The highest BCUT2D eigenvalue weighted by Gasteiger charge is 2.48. The third-order valence-electron chi connectivity index (χ3n) is 4.74. The van der Waals surface area contributed by atoms with Gasteiger partial charge in [0.15, 0.2) is 14.6 Å². The van der Waals surface area contributed by atoms with Gasteiger partial charge in [-0.3, -0.25) is 4.79 Å². The Morgan fingerprint density at radius 3 is 2.58 bits per heavy atom. The first-order valence-electron chi connectivity index (χ1n) is 8.70. The van der Waals surface area contributed by atoms with Gasteiger partial charge >= 0.3 is 0 Å². The molecule has 0 atom stereocenters. The van der Waals surface area contributed by atoms with Crippen molar-refractivity contribution in [2.24, 2.45) is 0 Å². The van der Waals surface area contributed by atoms with Crippen molar-refractivity contribution in [3.05, 3.63) is 29.3 Å². The van der Waals surface area contributed by atoms with Gasteiger partial charge in [-0.2, -0.15) is 0 Å². The van der Waals surface area contributed by atoms with Crippen LogP contribution in [0.2, 0.25) is 0 Å². The molecule has 1 aromatic rings. The average Bonchev–Trinajstić information content (AvgIpc) is 2.60. The number of ether oxygens (including phenoxy) is 2. The van der Waals surface area contributed by atoms with Crippen LogP contribution >= 0.6 is 0 Å². The van der Waals surface area contributed by atoms with Crippen molar-refractivity contribution in [2.45, 2.75) is 31.1 Å². The lowest BCUT2D eigenvalue weighted by Crippen LogP contribution is -2.57. The maximum absolute atomic E-state index is 12.8. The highest BCUT2D eigenvalue weighted by atomic mass is 32.2. The second kappa shape index (κ2) is 8.83. The SMILES string of the molecule is COCCOc1cc(C)ccc1CNC(=O)C1(S(C)(=O)=O)CCNCC1. The molecule has 7 nitrogen and oxygen atoms in total. The number of piperidine rings is 1. The standard InChI is InChI=1S/C18H28N2O5S/c1-14-4-5-15(16(12-14)25-11-10-24-2)13-20-17(21)18(26(3,22)23)6-8-19-9-7-18/h4-5,12,19H,6-11,13H2,1-3H3,(H,20,21). The number of hydrogen-bond acceptors (Lipinski definition) is 6. The molecule has 8 heteroatoms. The van der Waals surface area contributed by atoms with Gasteiger partial charge in [-0.1, -0.05) is 12.1 Å². The summed E-state index contributed by atoms with van der Waals surface area (Å²) in [4.78, 5) is 12.8. The van der Waals surface area contributed by atoms with Crippen molar-refractivity contribution in [3.8, 4) is 5.75 Å². The second-order valence-electron chi connectivity index (χ2n) is 6.65. The number of rotatable bonds is 8. The van der Waals surface area contributed by atoms with Crippen LogP contribution in [-0.2, 0) is 25.9 Å². The largest absolute Gasteiger partial charge is 0.491 e. The number of sulfone groups is 1. The minimum atomic E-state index is -3.53. The summed E-state index contributed by atoms with van der Waals surface area (Å²) >= 11 is 0. The van der Waals surface area contributed by atoms with Crippen LogP contribution in [0.15, 0.2) is 18.2 Å². The van der Waals surface area contributed by atoms with Gasteiger partial charge in [0.25, 0.3) is 0 Å². The molecule has 2 N–H and O–H groups in total. The number of methoxy groups -OCH3 is 1. The zero-order valence-electron chi connectivity index (χ0n) is 15.6. The number of hydrogen-bond donors (Lipinski definition) is 2. The molecule has 0 radical (unpaired) electrons. The van der Waals surface area contributed by atoms with Crippen molar-refractivity contribution >= 4 is 15.7 Å². The Morgan fingerprint density at radius 2 is 1.96 bits per heavy atom. The van der Waals surface area contributed by atoms with Crippen LogP contribution in [0.3, 0.4) is 0 Å². The molecular formula is C18H28N2O5S. The van der Waals surface area contributed by atoms with Crippen LogP contribution in [0.5, 0.6) is 5.75 Å². The van der Waals surface area contributed by atoms with Crippen LogP contribution in [0.25, 0.3) is 0 Å². The van der Waals surface area contributed by atoms with E-state index in [2.05, 4.69) is 10.6 Å². The second-order valence-corrected chi connectivity index (χ2v) is 8.98. The fourth-order valence-electron chi connectivity index (χ4n) is 3.11. The van der Waals surface area contributed by atoms with Gasteiger partial charge in [-0.05, 0) is 44.5 Å². The van der Waals surface area contributed by atoms with Gasteiger partial charge in [0.05, 0.1) is 6.61 Å². The molecule has 26 heavy (non-hydrogen) atoms. The molecule has 1 heterocycles. The van der Waals surface area contributed by atoms with E-state index >= 15 is 0 Å². The first-order chi connectivity index (χ1) is 12.3. The molecule has 2 rings (SSSR count). The molecule has 1 fully saturated rings. The van der Waals surface area contributed by atoms with Gasteiger partial charge in [0.1, 0.15) is 12.4 Å². The summed E-state index contributed by atoms with van der Waals surface area (Å²) in [7, 11) is -1.92. The third-order valence-corrected chi connectivity index (χ3v) is 6.76. The predicted octanol–water partition coefficient (Wildman–Crippen LogP) is 0.803. The lowest BCUT2D eigenvalue weighted by atomic mass is 9.95. The topological polar surface area (TPSA) is 93.7 Å². The molecule has 1 amide bonds. The van der Waals surface area contributed by atoms with E-state index in [1.54, 1.807) is 7.11 Å². The zero-order valence-corrected chi connectivity index (χ0v) is 16.4. The van der Waals surface area contributed by atoms with E-state index in [4.69, 9.17) is 9.47 Å². The van der Waals surface area contributed by atoms with Crippen molar-refractivity contribution in [2.75, 3.05) is 39.7 Å². The van der Waals surface area contributed by atoms with Gasteiger partial charge in [-0.25, -0.2) is 8.42 Å².